The number of carbonyl (C=O) groups excluding carboxylic acids is 2. The van der Waals surface area contributed by atoms with Gasteiger partial charge in [0.05, 0.1) is 0 Å². The van der Waals surface area contributed by atoms with Gasteiger partial charge in [0.1, 0.15) is 5.82 Å². The second-order valence-corrected chi connectivity index (χ2v) is 4.55. The molecule has 0 unspecified atom stereocenters. The second-order valence-electron chi connectivity index (χ2n) is 4.55. The molecule has 0 bridgehead atoms. The Morgan fingerprint density at radius 2 is 1.55 bits per heavy atom. The number of nitrogens with two attached hydrogens (primary N) is 1. The monoisotopic (exact) mass is 411 g/mol. The highest BCUT2D eigenvalue weighted by Gasteiger charge is 2.10. The number of hydrogen-bond acceptors (Lipinski definition) is 8. The van der Waals surface area contributed by atoms with Crippen LogP contribution in [0.4, 0.5) is 0 Å². The van der Waals surface area contributed by atoms with Crippen molar-refractivity contribution in [3.05, 3.63) is 55.2 Å². The van der Waals surface area contributed by atoms with Gasteiger partial charge in [0.2, 0.25) is 0 Å². The van der Waals surface area contributed by atoms with E-state index < -0.39 is 29.8 Å². The molecular weight excluding hydrogens is 390 g/mol. The molecule has 0 spiro atoms. The first kappa shape index (κ1) is 27.2. The maximum Gasteiger partial charge on any atom is 0.338 e. The number of hydrogen-bond donors (Lipinski definition) is 5. The molecule has 1 aliphatic rings. The first-order chi connectivity index (χ1) is 13.6. The van der Waals surface area contributed by atoms with Gasteiger partial charge in [0, 0.05) is 49.2 Å². The summed E-state index contributed by atoms with van der Waals surface area (Å²) in [5.41, 5.74) is 5.30. The van der Waals surface area contributed by atoms with Crippen LogP contribution in [-0.4, -0.2) is 61.7 Å². The van der Waals surface area contributed by atoms with E-state index in [1.807, 2.05) is 6.20 Å². The largest absolute Gasteiger partial charge is 0.478 e. The minimum Gasteiger partial charge on any atom is -0.478 e. The van der Waals surface area contributed by atoms with Gasteiger partial charge in [-0.1, -0.05) is 6.58 Å². The van der Waals surface area contributed by atoms with Crippen molar-refractivity contribution in [2.24, 2.45) is 5.73 Å². The van der Waals surface area contributed by atoms with Gasteiger partial charge in [-0.25, -0.2) is 29.0 Å². The molecule has 158 valence electrons. The van der Waals surface area contributed by atoms with E-state index in [2.05, 4.69) is 21.3 Å². The molecule has 2 heterocycles. The number of aryl methyl sites for hydroxylation is 1. The van der Waals surface area contributed by atoms with Crippen LogP contribution in [0.15, 0.2) is 49.4 Å². The number of aromatic nitrogens is 2. The molecule has 0 radical (unpaired) electrons. The number of esters is 2. The average molecular weight is 411 g/mol. The lowest BCUT2D eigenvalue weighted by Gasteiger charge is -1.90. The molecule has 0 saturated heterocycles. The van der Waals surface area contributed by atoms with Crippen molar-refractivity contribution in [1.29, 1.82) is 0 Å². The van der Waals surface area contributed by atoms with Crippen LogP contribution < -0.4 is 5.73 Å². The van der Waals surface area contributed by atoms with E-state index in [1.165, 1.54) is 0 Å². The van der Waals surface area contributed by atoms with Crippen LogP contribution in [0.5, 0.6) is 0 Å². The predicted molar refractivity (Wildman–Crippen MR) is 98.4 cm³/mol. The van der Waals surface area contributed by atoms with Crippen LogP contribution in [0.1, 0.15) is 12.2 Å². The van der Waals surface area contributed by atoms with Crippen molar-refractivity contribution in [2.75, 3.05) is 6.54 Å². The lowest BCUT2D eigenvalue weighted by Crippen LogP contribution is -2.00. The smallest absolute Gasteiger partial charge is 0.338 e. The summed E-state index contributed by atoms with van der Waals surface area (Å²) in [6, 6.07) is 0. The maximum atomic E-state index is 9.92. The van der Waals surface area contributed by atoms with Gasteiger partial charge in [-0.3, -0.25) is 0 Å². The standard InChI is InChI=1S/C6H11N3.C4H4O4.C4H2O3.C3H4O2/c7-3-1-2-6-8-4-5-9-6;5-3(6)1-2-4(7)8;5-3-1-2-4(6)7-3;1-2-3(4)5/h4-5H,1-3,7H2,(H,8,9);1-2H,(H,5,6)(H,7,8);1-2H;2H,1H2,(H,4,5). The summed E-state index contributed by atoms with van der Waals surface area (Å²) in [4.78, 5) is 55.3. The summed E-state index contributed by atoms with van der Waals surface area (Å²) in [5.74, 6) is -3.62. The molecule has 29 heavy (non-hydrogen) atoms. The van der Waals surface area contributed by atoms with E-state index in [9.17, 15) is 24.0 Å². The number of ether oxygens (including phenoxy) is 1. The van der Waals surface area contributed by atoms with E-state index in [4.69, 9.17) is 21.1 Å². The van der Waals surface area contributed by atoms with Crippen LogP contribution in [0.25, 0.3) is 0 Å². The van der Waals surface area contributed by atoms with E-state index in [-0.39, 0.29) is 0 Å². The summed E-state index contributed by atoms with van der Waals surface area (Å²) in [6.07, 6.45) is 9.67. The lowest BCUT2D eigenvalue weighted by molar-refractivity contribution is -0.150. The summed E-state index contributed by atoms with van der Waals surface area (Å²) >= 11 is 0. The first-order valence-corrected chi connectivity index (χ1v) is 7.73. The molecule has 0 aliphatic carbocycles. The number of H-pyrrole nitrogens is 1. The quantitative estimate of drug-likeness (QED) is 0.237. The molecule has 12 heteroatoms. The van der Waals surface area contributed by atoms with Gasteiger partial charge < -0.3 is 30.8 Å². The number of aromatic amines is 1. The zero-order chi connectivity index (χ0) is 22.7. The van der Waals surface area contributed by atoms with Crippen LogP contribution in [0, 0.1) is 0 Å². The van der Waals surface area contributed by atoms with Crippen LogP contribution in [0.2, 0.25) is 0 Å². The Kier molecular flexibility index (Phi) is 16.3. The van der Waals surface area contributed by atoms with Gasteiger partial charge in [0.15, 0.2) is 0 Å². The van der Waals surface area contributed by atoms with Gasteiger partial charge in [-0.15, -0.1) is 0 Å². The zero-order valence-corrected chi connectivity index (χ0v) is 15.2. The van der Waals surface area contributed by atoms with E-state index >= 15 is 0 Å². The molecule has 1 aromatic heterocycles. The fourth-order valence-corrected chi connectivity index (χ4v) is 1.15. The number of carboxylic acid groups (broad SMARTS) is 3. The second kappa shape index (κ2) is 17.4. The SMILES string of the molecule is C=CC(=O)O.NCCCc1ncc[nH]1.O=C(O)C=CC(=O)O.O=C1C=CC(=O)O1. The molecule has 0 saturated carbocycles. The number of imidazole rings is 1. The van der Waals surface area contributed by atoms with Crippen molar-refractivity contribution in [2.45, 2.75) is 12.8 Å². The van der Waals surface area contributed by atoms with Crippen LogP contribution in [-0.2, 0) is 35.1 Å². The molecule has 2 rings (SSSR count). The number of nitrogens with one attached hydrogen (secondary N) is 1. The first-order valence-electron chi connectivity index (χ1n) is 7.73. The van der Waals surface area contributed by atoms with Crippen LogP contribution in [0.3, 0.4) is 0 Å². The Hall–Kier alpha value is -4.06. The fraction of sp³-hybridized carbons (Fsp3) is 0.176. The molecular formula is C17H21N3O9. The number of nitrogens with zero attached hydrogens (tertiary/aromatic N) is 1. The van der Waals surface area contributed by atoms with Crippen LogP contribution >= 0.6 is 0 Å². The number of rotatable bonds is 6. The number of carbonyl (C=O) groups is 5. The summed E-state index contributed by atoms with van der Waals surface area (Å²) in [5, 5.41) is 23.2. The van der Waals surface area contributed by atoms with Gasteiger partial charge in [0.25, 0.3) is 0 Å². The Balaban J connectivity index is 0. The summed E-state index contributed by atoms with van der Waals surface area (Å²) in [7, 11) is 0. The van der Waals surface area contributed by atoms with E-state index in [0.29, 0.717) is 12.2 Å². The molecule has 0 amide bonds. The van der Waals surface area contributed by atoms with E-state index in [0.717, 1.165) is 43.4 Å². The Bertz CT molecular complexity index is 705. The van der Waals surface area contributed by atoms with E-state index in [1.54, 1.807) is 6.20 Å². The van der Waals surface area contributed by atoms with Gasteiger partial charge in [-0.05, 0) is 13.0 Å². The third kappa shape index (κ3) is 21.9. The minimum absolute atomic E-state index is 0.558. The number of aliphatic carboxylic acids is 3. The fourth-order valence-electron chi connectivity index (χ4n) is 1.15. The van der Waals surface area contributed by atoms with Gasteiger partial charge >= 0.3 is 29.8 Å². The van der Waals surface area contributed by atoms with Crippen molar-refractivity contribution >= 4 is 29.8 Å². The van der Waals surface area contributed by atoms with Crippen molar-refractivity contribution in [3.63, 3.8) is 0 Å². The molecule has 6 N–H and O–H groups in total. The Morgan fingerprint density at radius 3 is 1.79 bits per heavy atom. The normalized spacial score (nSPS) is 11.1. The van der Waals surface area contributed by atoms with Gasteiger partial charge in [-0.2, -0.15) is 0 Å². The van der Waals surface area contributed by atoms with Crippen molar-refractivity contribution < 1.29 is 44.0 Å². The minimum atomic E-state index is -1.26. The summed E-state index contributed by atoms with van der Waals surface area (Å²) in [6.45, 7) is 3.70. The molecule has 1 aliphatic heterocycles. The summed E-state index contributed by atoms with van der Waals surface area (Å²) < 4.78 is 3.97. The molecule has 12 nitrogen and oxygen atoms in total. The number of carboxylic acids is 3. The Labute approximate surface area is 165 Å². The molecule has 0 atom stereocenters. The van der Waals surface area contributed by atoms with Crippen molar-refractivity contribution in [3.8, 4) is 0 Å². The third-order valence-electron chi connectivity index (χ3n) is 2.27. The highest BCUT2D eigenvalue weighted by molar-refractivity contribution is 6.04. The lowest BCUT2D eigenvalue weighted by atomic mass is 10.3. The van der Waals surface area contributed by atoms with Crippen molar-refractivity contribution in [1.82, 2.24) is 9.97 Å². The molecule has 0 fully saturated rings. The molecule has 1 aromatic rings. The highest BCUT2D eigenvalue weighted by Crippen LogP contribution is 1.92. The topological polar surface area (TPSA) is 210 Å². The third-order valence-corrected chi connectivity index (χ3v) is 2.27. The average Bonchev–Trinajstić information content (AvgIpc) is 3.31. The maximum absolute atomic E-state index is 9.92. The predicted octanol–water partition coefficient (Wildman–Crippen LogP) is -0.104. The Morgan fingerprint density at radius 1 is 1.07 bits per heavy atom. The zero-order valence-electron chi connectivity index (χ0n) is 15.2. The number of cyclic esters (lactones) is 2. The molecule has 0 aromatic carbocycles. The highest BCUT2D eigenvalue weighted by atomic mass is 16.6.